The van der Waals surface area contributed by atoms with Crippen molar-refractivity contribution in [3.63, 3.8) is 0 Å². The summed E-state index contributed by atoms with van der Waals surface area (Å²) < 4.78 is 44.6. The number of fused-ring (bicyclic) bond motifs is 6. The molecule has 0 aliphatic carbocycles. The lowest BCUT2D eigenvalue weighted by Gasteiger charge is -2.32. The van der Waals surface area contributed by atoms with Crippen molar-refractivity contribution in [2.24, 2.45) is 13.5 Å². The van der Waals surface area contributed by atoms with Crippen molar-refractivity contribution >= 4 is 43.7 Å². The van der Waals surface area contributed by atoms with E-state index in [4.69, 9.17) is 31.6 Å². The lowest BCUT2D eigenvalue weighted by atomic mass is 10.0. The fourth-order valence-corrected chi connectivity index (χ4v) is 24.0. The molecule has 0 bridgehead atoms. The molecule has 0 N–H and O–H groups in total. The highest BCUT2D eigenvalue weighted by Gasteiger charge is 2.48. The molecule has 0 radical (unpaired) electrons. The third kappa shape index (κ3) is 5.60. The summed E-state index contributed by atoms with van der Waals surface area (Å²) in [5, 5.41) is 0. The minimum Gasteiger partial charge on any atom is -0.413 e. The van der Waals surface area contributed by atoms with Gasteiger partial charge in [0.25, 0.3) is 0 Å². The molecule has 6 aromatic rings. The molecular weight excluding hydrogens is 695 g/mol. The molecule has 12 heteroatoms. The molecule has 3 aliphatic heterocycles. The summed E-state index contributed by atoms with van der Waals surface area (Å²) in [5.41, 5.74) is 0.608. The fraction of sp³-hybridized carbons (Fsp3) is 0. The maximum absolute atomic E-state index is 7.01. The molecule has 48 heavy (non-hydrogen) atoms. The Hall–Kier alpha value is -4.09. The van der Waals surface area contributed by atoms with Crippen molar-refractivity contribution in [1.29, 1.82) is 0 Å². The SMILES string of the molecule is c1ccc(SP2(Sc3ccccc3)=NP3(=NP4(=N2)Oc2ccccc2-c2ccccc2O4)Oc2ccccc2-c2ccccc2O3)cc1. The molecule has 0 saturated heterocycles. The summed E-state index contributed by atoms with van der Waals surface area (Å²) in [7, 11) is -7.20. The van der Waals surface area contributed by atoms with Gasteiger partial charge in [-0.2, -0.15) is 0 Å². The lowest BCUT2D eigenvalue weighted by molar-refractivity contribution is 0.469. The minimum absolute atomic E-state index is 0.631. The zero-order valence-corrected chi connectivity index (χ0v) is 29.5. The number of benzene rings is 6. The van der Waals surface area contributed by atoms with Gasteiger partial charge in [-0.15, -0.1) is 9.03 Å². The Kier molecular flexibility index (Phi) is 7.57. The van der Waals surface area contributed by atoms with Crippen molar-refractivity contribution < 1.29 is 18.1 Å². The molecule has 6 aromatic carbocycles. The molecule has 0 saturated carbocycles. The van der Waals surface area contributed by atoms with Crippen LogP contribution in [0.2, 0.25) is 0 Å². The van der Waals surface area contributed by atoms with Crippen LogP contribution in [0, 0.1) is 0 Å². The Bertz CT molecular complexity index is 2080. The highest BCUT2D eigenvalue weighted by molar-refractivity contribution is 8.91. The Balaban J connectivity index is 1.38. The van der Waals surface area contributed by atoms with Gasteiger partial charge in [0.05, 0.1) is 0 Å². The Labute approximate surface area is 286 Å². The molecule has 7 nitrogen and oxygen atoms in total. The summed E-state index contributed by atoms with van der Waals surface area (Å²) in [4.78, 5) is 2.01. The predicted octanol–water partition coefficient (Wildman–Crippen LogP) is 13.7. The van der Waals surface area contributed by atoms with E-state index in [-0.39, 0.29) is 0 Å². The predicted molar refractivity (Wildman–Crippen MR) is 199 cm³/mol. The van der Waals surface area contributed by atoms with Crippen molar-refractivity contribution in [3.8, 4) is 45.3 Å². The number of hydrogen-bond acceptors (Lipinski definition) is 9. The zero-order valence-electron chi connectivity index (χ0n) is 25.1. The first-order valence-corrected chi connectivity index (χ1v) is 22.7. The quantitative estimate of drug-likeness (QED) is 0.169. The van der Waals surface area contributed by atoms with E-state index >= 15 is 0 Å². The first-order valence-electron chi connectivity index (χ1n) is 15.2. The van der Waals surface area contributed by atoms with E-state index in [1.54, 1.807) is 22.8 Å². The van der Waals surface area contributed by atoms with Gasteiger partial charge in [-0.05, 0) is 71.3 Å². The van der Waals surface area contributed by atoms with Gasteiger partial charge < -0.3 is 18.1 Å². The van der Waals surface area contributed by atoms with Gasteiger partial charge in [0, 0.05) is 32.0 Å². The topological polar surface area (TPSA) is 74.0 Å². The molecule has 0 aromatic heterocycles. The van der Waals surface area contributed by atoms with Crippen LogP contribution in [-0.2, 0) is 0 Å². The largest absolute Gasteiger partial charge is 0.456 e. The van der Waals surface area contributed by atoms with E-state index in [0.29, 0.717) is 23.0 Å². The third-order valence-electron chi connectivity index (χ3n) is 7.61. The van der Waals surface area contributed by atoms with Gasteiger partial charge in [-0.25, -0.2) is 0 Å². The van der Waals surface area contributed by atoms with Crippen molar-refractivity contribution in [1.82, 2.24) is 0 Å². The van der Waals surface area contributed by atoms with E-state index in [1.807, 2.05) is 133 Å². The summed E-state index contributed by atoms with van der Waals surface area (Å²) in [6, 6.07) is 52.1. The smallest absolute Gasteiger partial charge is 0.413 e. The molecule has 236 valence electrons. The van der Waals surface area contributed by atoms with Crippen molar-refractivity contribution in [3.05, 3.63) is 158 Å². The molecule has 9 rings (SSSR count). The number of nitrogens with zero attached hydrogens (tertiary/aromatic N) is 3. The van der Waals surface area contributed by atoms with Crippen LogP contribution in [0.5, 0.6) is 23.0 Å². The average Bonchev–Trinajstić information content (AvgIpc) is 3.31. The van der Waals surface area contributed by atoms with E-state index in [0.717, 1.165) is 32.0 Å². The highest BCUT2D eigenvalue weighted by atomic mass is 33.1. The molecule has 3 aliphatic rings. The molecule has 0 fully saturated rings. The molecule has 2 spiro atoms. The van der Waals surface area contributed by atoms with Crippen molar-refractivity contribution in [2.75, 3.05) is 0 Å². The second kappa shape index (κ2) is 12.1. The summed E-state index contributed by atoms with van der Waals surface area (Å²) in [5.74, 6) is 2.52. The van der Waals surface area contributed by atoms with Crippen LogP contribution in [-0.4, -0.2) is 0 Å². The first kappa shape index (κ1) is 30.0. The molecule has 3 heterocycles. The van der Waals surface area contributed by atoms with E-state index in [2.05, 4.69) is 24.3 Å². The summed E-state index contributed by atoms with van der Waals surface area (Å²) >= 11 is 3.19. The number of para-hydroxylation sites is 4. The van der Waals surface area contributed by atoms with Gasteiger partial charge in [-0.1, -0.05) is 114 Å². The van der Waals surface area contributed by atoms with Crippen LogP contribution >= 0.6 is 43.7 Å². The van der Waals surface area contributed by atoms with Gasteiger partial charge in [0.1, 0.15) is 23.0 Å². The first-order chi connectivity index (χ1) is 23.6. The van der Waals surface area contributed by atoms with Crippen LogP contribution in [0.4, 0.5) is 0 Å². The highest BCUT2D eigenvalue weighted by Crippen LogP contribution is 2.89. The molecule has 0 amide bonds. The second-order valence-electron chi connectivity index (χ2n) is 10.9. The van der Waals surface area contributed by atoms with Crippen LogP contribution in [0.15, 0.2) is 181 Å². The number of hydrogen-bond donors (Lipinski definition) is 0. The van der Waals surface area contributed by atoms with Crippen LogP contribution in [0.3, 0.4) is 0 Å². The summed E-state index contributed by atoms with van der Waals surface area (Å²) in [6.07, 6.45) is 0. The second-order valence-corrected chi connectivity index (χ2v) is 22.9. The molecule has 0 unspecified atom stereocenters. The summed E-state index contributed by atoms with van der Waals surface area (Å²) in [6.45, 7) is 0. The number of rotatable bonds is 4. The Morgan fingerprint density at radius 1 is 0.333 bits per heavy atom. The Morgan fingerprint density at radius 2 is 0.646 bits per heavy atom. The minimum atomic E-state index is -3.60. The third-order valence-corrected chi connectivity index (χ3v) is 22.9. The van der Waals surface area contributed by atoms with Gasteiger partial charge in [-0.3, -0.25) is 0 Å². The van der Waals surface area contributed by atoms with Gasteiger partial charge in [0.2, 0.25) is 5.61 Å². The van der Waals surface area contributed by atoms with E-state index in [9.17, 15) is 0 Å². The van der Waals surface area contributed by atoms with E-state index in [1.165, 1.54) is 0 Å². The average molecular weight is 722 g/mol. The van der Waals surface area contributed by atoms with Crippen LogP contribution < -0.4 is 18.1 Å². The van der Waals surface area contributed by atoms with Gasteiger partial charge >= 0.3 is 15.3 Å². The molecule has 0 atom stereocenters. The van der Waals surface area contributed by atoms with Gasteiger partial charge in [0.15, 0.2) is 0 Å². The van der Waals surface area contributed by atoms with Crippen molar-refractivity contribution in [2.45, 2.75) is 9.79 Å². The standard InChI is InChI=1S/C36H26N3O4P3S2/c1-3-15-27(16-4-1)47-46(48-28-17-5-2-6-18-28)38-44(40-33-23-11-7-19-29(33)30-20-8-12-24-34(30)41-44)37-45(39-46)42-35-25-13-9-21-31(35)32-22-10-14-26-36(32)43-45/h1-26H. The van der Waals surface area contributed by atoms with Crippen LogP contribution in [0.1, 0.15) is 0 Å². The normalized spacial score (nSPS) is 16.9. The zero-order chi connectivity index (χ0) is 32.0. The van der Waals surface area contributed by atoms with E-state index < -0.39 is 20.9 Å². The maximum atomic E-state index is 7.01. The lowest BCUT2D eigenvalue weighted by Crippen LogP contribution is -2.05. The van der Waals surface area contributed by atoms with Crippen LogP contribution in [0.25, 0.3) is 22.3 Å². The molecular formula is C36H26N3O4P3S2. The monoisotopic (exact) mass is 721 g/mol. The maximum Gasteiger partial charge on any atom is 0.456 e. The fourth-order valence-electron chi connectivity index (χ4n) is 5.58. The Morgan fingerprint density at radius 3 is 1.02 bits per heavy atom.